The molecule has 0 saturated carbocycles. The fourth-order valence-electron chi connectivity index (χ4n) is 4.43. The van der Waals surface area contributed by atoms with Crippen molar-refractivity contribution in [2.75, 3.05) is 23.3 Å². The maximum absolute atomic E-state index is 4.87. The van der Waals surface area contributed by atoms with E-state index in [1.807, 2.05) is 65.5 Å². The number of H-pyrrole nitrogens is 1. The monoisotopic (exact) mass is 436 g/mol. The van der Waals surface area contributed by atoms with Gasteiger partial charge in [-0.15, -0.1) is 0 Å². The highest BCUT2D eigenvalue weighted by atomic mass is 15.3. The summed E-state index contributed by atoms with van der Waals surface area (Å²) in [5, 5.41) is 11.0. The van der Waals surface area contributed by atoms with Gasteiger partial charge in [0.15, 0.2) is 5.82 Å². The third kappa shape index (κ3) is 4.03. The van der Waals surface area contributed by atoms with Crippen molar-refractivity contribution in [2.45, 2.75) is 18.8 Å². The van der Waals surface area contributed by atoms with Gasteiger partial charge in [0, 0.05) is 55.8 Å². The van der Waals surface area contributed by atoms with E-state index in [0.717, 1.165) is 49.0 Å². The van der Waals surface area contributed by atoms with Gasteiger partial charge in [0.25, 0.3) is 0 Å². The third-order valence-electron chi connectivity index (χ3n) is 6.11. The molecule has 1 atom stereocenters. The summed E-state index contributed by atoms with van der Waals surface area (Å²) in [5.74, 6) is 2.60. The lowest BCUT2D eigenvalue weighted by Crippen LogP contribution is -2.23. The first kappa shape index (κ1) is 19.5. The summed E-state index contributed by atoms with van der Waals surface area (Å²) in [6, 6.07) is 20.5. The molecule has 0 radical (unpaired) electrons. The predicted molar refractivity (Wildman–Crippen MR) is 128 cm³/mol. The molecule has 1 aliphatic rings. The molecular formula is C25H24N8. The maximum atomic E-state index is 4.87. The topological polar surface area (TPSA) is 87.0 Å². The SMILES string of the molecule is c1ccc(Cc2cc(Nc3nc(N4CCC(c5cccnc5)C4)nc4cccn34)n[nH]2)cc1. The lowest BCUT2D eigenvalue weighted by molar-refractivity contribution is 0.767. The Bertz CT molecular complexity index is 1360. The zero-order valence-electron chi connectivity index (χ0n) is 18.1. The normalized spacial score (nSPS) is 15.9. The van der Waals surface area contributed by atoms with Gasteiger partial charge in [-0.25, -0.2) is 0 Å². The molecule has 5 heterocycles. The predicted octanol–water partition coefficient (Wildman–Crippen LogP) is 4.18. The van der Waals surface area contributed by atoms with E-state index in [1.54, 1.807) is 0 Å². The maximum Gasteiger partial charge on any atom is 0.230 e. The standard InChI is InChI=1S/C25H24N8/c1-2-6-18(7-3-1)14-21-15-22(31-30-21)27-25-29-24(28-23-9-5-12-33(23)25)32-13-10-20(17-32)19-8-4-11-26-16-19/h1-9,11-12,15-16,20H,10,13-14,17H2,(H2,27,28,29,30,31). The van der Waals surface area contributed by atoms with Crippen LogP contribution < -0.4 is 10.2 Å². The summed E-state index contributed by atoms with van der Waals surface area (Å²) in [6.07, 6.45) is 7.60. The average Bonchev–Trinajstić information content (AvgIpc) is 3.61. The summed E-state index contributed by atoms with van der Waals surface area (Å²) in [7, 11) is 0. The number of nitrogens with one attached hydrogen (secondary N) is 2. The van der Waals surface area contributed by atoms with Gasteiger partial charge in [-0.2, -0.15) is 15.1 Å². The summed E-state index contributed by atoms with van der Waals surface area (Å²) in [6.45, 7) is 1.80. The van der Waals surface area contributed by atoms with Crippen LogP contribution in [0.3, 0.4) is 0 Å². The molecule has 0 spiro atoms. The molecule has 2 N–H and O–H groups in total. The Morgan fingerprint density at radius 2 is 1.97 bits per heavy atom. The van der Waals surface area contributed by atoms with Crippen molar-refractivity contribution in [1.82, 2.24) is 29.5 Å². The van der Waals surface area contributed by atoms with E-state index in [2.05, 4.69) is 43.6 Å². The number of fused-ring (bicyclic) bond motifs is 1. The second-order valence-electron chi connectivity index (χ2n) is 8.37. The van der Waals surface area contributed by atoms with E-state index in [0.29, 0.717) is 11.9 Å². The second kappa shape index (κ2) is 8.38. The largest absolute Gasteiger partial charge is 0.340 e. The summed E-state index contributed by atoms with van der Waals surface area (Å²) in [4.78, 5) is 16.2. The Kier molecular flexibility index (Phi) is 4.95. The Morgan fingerprint density at radius 3 is 2.85 bits per heavy atom. The molecule has 4 aromatic heterocycles. The first-order valence-electron chi connectivity index (χ1n) is 11.2. The van der Waals surface area contributed by atoms with E-state index in [-0.39, 0.29) is 0 Å². The lowest BCUT2D eigenvalue weighted by atomic mass is 10.0. The molecule has 6 rings (SSSR count). The smallest absolute Gasteiger partial charge is 0.230 e. The van der Waals surface area contributed by atoms with Crippen LogP contribution >= 0.6 is 0 Å². The lowest BCUT2D eigenvalue weighted by Gasteiger charge is -2.18. The molecule has 8 nitrogen and oxygen atoms in total. The van der Waals surface area contributed by atoms with Gasteiger partial charge in [-0.05, 0) is 35.7 Å². The van der Waals surface area contributed by atoms with Crippen LogP contribution in [-0.4, -0.2) is 42.6 Å². The Balaban J connectivity index is 1.24. The highest BCUT2D eigenvalue weighted by molar-refractivity contribution is 5.57. The van der Waals surface area contributed by atoms with Crippen molar-refractivity contribution in [3.8, 4) is 0 Å². The zero-order chi connectivity index (χ0) is 22.0. The van der Waals surface area contributed by atoms with Crippen LogP contribution in [0.15, 0.2) is 79.3 Å². The van der Waals surface area contributed by atoms with Crippen LogP contribution in [0, 0.1) is 0 Å². The number of aromatic nitrogens is 6. The number of hydrogen-bond acceptors (Lipinski definition) is 6. The van der Waals surface area contributed by atoms with Gasteiger partial charge in [0.2, 0.25) is 11.9 Å². The highest BCUT2D eigenvalue weighted by Crippen LogP contribution is 2.30. The van der Waals surface area contributed by atoms with E-state index < -0.39 is 0 Å². The second-order valence-corrected chi connectivity index (χ2v) is 8.37. The minimum absolute atomic E-state index is 0.439. The first-order valence-corrected chi connectivity index (χ1v) is 11.2. The van der Waals surface area contributed by atoms with E-state index in [9.17, 15) is 0 Å². The van der Waals surface area contributed by atoms with Crippen molar-refractivity contribution in [3.05, 3.63) is 96.1 Å². The number of anilines is 3. The number of hydrogen-bond donors (Lipinski definition) is 2. The first-order chi connectivity index (χ1) is 16.3. The zero-order valence-corrected chi connectivity index (χ0v) is 18.1. The molecule has 164 valence electrons. The molecule has 33 heavy (non-hydrogen) atoms. The number of nitrogens with zero attached hydrogens (tertiary/aromatic N) is 6. The van der Waals surface area contributed by atoms with Gasteiger partial charge in [0.05, 0.1) is 0 Å². The summed E-state index contributed by atoms with van der Waals surface area (Å²) < 4.78 is 1.95. The number of aromatic amines is 1. The molecular weight excluding hydrogens is 412 g/mol. The molecule has 0 amide bonds. The molecule has 1 aliphatic heterocycles. The van der Waals surface area contributed by atoms with Gasteiger partial charge >= 0.3 is 0 Å². The van der Waals surface area contributed by atoms with Crippen LogP contribution in [-0.2, 0) is 6.42 Å². The van der Waals surface area contributed by atoms with Gasteiger partial charge in [-0.3, -0.25) is 14.5 Å². The van der Waals surface area contributed by atoms with E-state index in [4.69, 9.17) is 9.97 Å². The van der Waals surface area contributed by atoms with Gasteiger partial charge in [0.1, 0.15) is 5.65 Å². The van der Waals surface area contributed by atoms with Gasteiger partial charge in [-0.1, -0.05) is 36.4 Å². The molecule has 0 bridgehead atoms. The van der Waals surface area contributed by atoms with E-state index >= 15 is 0 Å². The minimum atomic E-state index is 0.439. The molecule has 0 aliphatic carbocycles. The minimum Gasteiger partial charge on any atom is -0.340 e. The van der Waals surface area contributed by atoms with E-state index in [1.165, 1.54) is 11.1 Å². The van der Waals surface area contributed by atoms with Crippen LogP contribution in [0.25, 0.3) is 5.65 Å². The van der Waals surface area contributed by atoms with Crippen molar-refractivity contribution in [2.24, 2.45) is 0 Å². The molecule has 1 saturated heterocycles. The Hall–Kier alpha value is -4.20. The fraction of sp³-hybridized carbons (Fsp3) is 0.200. The van der Waals surface area contributed by atoms with Crippen LogP contribution in [0.4, 0.5) is 17.7 Å². The molecule has 1 unspecified atom stereocenters. The fourth-order valence-corrected chi connectivity index (χ4v) is 4.43. The number of rotatable bonds is 6. The third-order valence-corrected chi connectivity index (χ3v) is 6.11. The van der Waals surface area contributed by atoms with Crippen molar-refractivity contribution < 1.29 is 0 Å². The molecule has 1 fully saturated rings. The number of benzene rings is 1. The summed E-state index contributed by atoms with van der Waals surface area (Å²) in [5.41, 5.74) is 4.40. The molecule has 5 aromatic rings. The summed E-state index contributed by atoms with van der Waals surface area (Å²) >= 11 is 0. The van der Waals surface area contributed by atoms with Crippen molar-refractivity contribution in [3.63, 3.8) is 0 Å². The number of pyridine rings is 1. The quantitative estimate of drug-likeness (QED) is 0.415. The molecule has 8 heteroatoms. The van der Waals surface area contributed by atoms with Crippen LogP contribution in [0.1, 0.15) is 29.2 Å². The van der Waals surface area contributed by atoms with Crippen molar-refractivity contribution >= 4 is 23.4 Å². The Morgan fingerprint density at radius 1 is 1.03 bits per heavy atom. The highest BCUT2D eigenvalue weighted by Gasteiger charge is 2.26. The van der Waals surface area contributed by atoms with Crippen LogP contribution in [0.5, 0.6) is 0 Å². The van der Waals surface area contributed by atoms with Crippen molar-refractivity contribution in [1.29, 1.82) is 0 Å². The van der Waals surface area contributed by atoms with Crippen LogP contribution in [0.2, 0.25) is 0 Å². The Labute approximate surface area is 191 Å². The van der Waals surface area contributed by atoms with Gasteiger partial charge < -0.3 is 10.2 Å². The average molecular weight is 437 g/mol. The molecule has 1 aromatic carbocycles.